The van der Waals surface area contributed by atoms with E-state index < -0.39 is 0 Å². The highest BCUT2D eigenvalue weighted by Gasteiger charge is 2.24. The van der Waals surface area contributed by atoms with Crippen molar-refractivity contribution in [3.8, 4) is 5.75 Å². The number of hydrogen-bond donors (Lipinski definition) is 1. The molecule has 1 atom stereocenters. The molecule has 116 valence electrons. The van der Waals surface area contributed by atoms with Crippen LogP contribution in [0.15, 0.2) is 24.3 Å². The molecule has 1 aromatic rings. The second-order valence-electron chi connectivity index (χ2n) is 5.79. The molecule has 0 spiro atoms. The van der Waals surface area contributed by atoms with E-state index >= 15 is 0 Å². The number of rotatable bonds is 5. The zero-order valence-corrected chi connectivity index (χ0v) is 13.3. The molecule has 1 aliphatic rings. The SMILES string of the molecule is CNC1CCN(C(=O)CC(C)c2ccccc2OC)CC1. The molecule has 2 rings (SSSR count). The van der Waals surface area contributed by atoms with Crippen LogP contribution in [-0.2, 0) is 4.79 Å². The number of carbonyl (C=O) groups is 1. The molecule has 1 aromatic carbocycles. The summed E-state index contributed by atoms with van der Waals surface area (Å²) in [6.45, 7) is 3.82. The highest BCUT2D eigenvalue weighted by Crippen LogP contribution is 2.29. The lowest BCUT2D eigenvalue weighted by molar-refractivity contribution is -0.132. The summed E-state index contributed by atoms with van der Waals surface area (Å²) in [7, 11) is 3.67. The van der Waals surface area contributed by atoms with Crippen LogP contribution in [-0.4, -0.2) is 44.1 Å². The predicted molar refractivity (Wildman–Crippen MR) is 84.7 cm³/mol. The van der Waals surface area contributed by atoms with Gasteiger partial charge in [0.2, 0.25) is 5.91 Å². The third kappa shape index (κ3) is 3.97. The average molecular weight is 290 g/mol. The summed E-state index contributed by atoms with van der Waals surface area (Å²) in [6, 6.07) is 8.51. The zero-order valence-electron chi connectivity index (χ0n) is 13.3. The molecule has 21 heavy (non-hydrogen) atoms. The van der Waals surface area contributed by atoms with Crippen molar-refractivity contribution in [1.29, 1.82) is 0 Å². The van der Waals surface area contributed by atoms with Gasteiger partial charge in [-0.15, -0.1) is 0 Å². The summed E-state index contributed by atoms with van der Waals surface area (Å²) in [5.74, 6) is 1.30. The van der Waals surface area contributed by atoms with Crippen LogP contribution in [0.25, 0.3) is 0 Å². The van der Waals surface area contributed by atoms with E-state index in [1.165, 1.54) is 0 Å². The van der Waals surface area contributed by atoms with Crippen molar-refractivity contribution in [3.63, 3.8) is 0 Å². The third-order valence-electron chi connectivity index (χ3n) is 4.41. The fraction of sp³-hybridized carbons (Fsp3) is 0.588. The van der Waals surface area contributed by atoms with Gasteiger partial charge in [0, 0.05) is 25.6 Å². The Morgan fingerprint density at radius 2 is 2.05 bits per heavy atom. The van der Waals surface area contributed by atoms with E-state index in [0.717, 1.165) is 37.2 Å². The molecular weight excluding hydrogens is 264 g/mol. The normalized spacial score (nSPS) is 17.6. The highest BCUT2D eigenvalue weighted by molar-refractivity contribution is 5.77. The molecule has 0 aromatic heterocycles. The predicted octanol–water partition coefficient (Wildman–Crippen LogP) is 2.40. The van der Waals surface area contributed by atoms with E-state index in [1.807, 2.05) is 36.2 Å². The Labute approximate surface area is 127 Å². The monoisotopic (exact) mass is 290 g/mol. The second-order valence-corrected chi connectivity index (χ2v) is 5.79. The molecule has 1 amide bonds. The molecule has 4 heteroatoms. The molecular formula is C17H26N2O2. The summed E-state index contributed by atoms with van der Waals surface area (Å²) >= 11 is 0. The van der Waals surface area contributed by atoms with Gasteiger partial charge in [-0.3, -0.25) is 4.79 Å². The van der Waals surface area contributed by atoms with Crippen molar-refractivity contribution >= 4 is 5.91 Å². The van der Waals surface area contributed by atoms with Crippen molar-refractivity contribution in [2.45, 2.75) is 38.1 Å². The standard InChI is InChI=1S/C17H26N2O2/c1-13(15-6-4-5-7-16(15)21-3)12-17(20)19-10-8-14(18-2)9-11-19/h4-7,13-14,18H,8-12H2,1-3H3. The molecule has 1 heterocycles. The number of nitrogens with one attached hydrogen (secondary N) is 1. The maximum absolute atomic E-state index is 12.4. The second kappa shape index (κ2) is 7.46. The van der Waals surface area contributed by atoms with E-state index in [2.05, 4.69) is 12.2 Å². The number of nitrogens with zero attached hydrogens (tertiary/aromatic N) is 1. The van der Waals surface area contributed by atoms with Crippen LogP contribution < -0.4 is 10.1 Å². The number of para-hydroxylation sites is 1. The van der Waals surface area contributed by atoms with Gasteiger partial charge < -0.3 is 15.0 Å². The van der Waals surface area contributed by atoms with Gasteiger partial charge in [-0.1, -0.05) is 25.1 Å². The molecule has 1 aliphatic heterocycles. The minimum absolute atomic E-state index is 0.177. The van der Waals surface area contributed by atoms with Gasteiger partial charge in [0.1, 0.15) is 5.75 Å². The number of carbonyl (C=O) groups excluding carboxylic acids is 1. The Kier molecular flexibility index (Phi) is 5.62. The van der Waals surface area contributed by atoms with Crippen molar-refractivity contribution in [1.82, 2.24) is 10.2 Å². The number of likely N-dealkylation sites (tertiary alicyclic amines) is 1. The first-order valence-electron chi connectivity index (χ1n) is 7.73. The fourth-order valence-corrected chi connectivity index (χ4v) is 2.99. The Bertz CT molecular complexity index is 468. The summed E-state index contributed by atoms with van der Waals surface area (Å²) in [5, 5.41) is 3.29. The van der Waals surface area contributed by atoms with Gasteiger partial charge in [0.25, 0.3) is 0 Å². The number of piperidine rings is 1. The lowest BCUT2D eigenvalue weighted by Gasteiger charge is -2.32. The van der Waals surface area contributed by atoms with E-state index in [0.29, 0.717) is 12.5 Å². The van der Waals surface area contributed by atoms with Gasteiger partial charge in [-0.05, 0) is 37.4 Å². The van der Waals surface area contributed by atoms with E-state index in [-0.39, 0.29) is 11.8 Å². The van der Waals surface area contributed by atoms with Crippen molar-refractivity contribution in [3.05, 3.63) is 29.8 Å². The highest BCUT2D eigenvalue weighted by atomic mass is 16.5. The smallest absolute Gasteiger partial charge is 0.223 e. The first-order chi connectivity index (χ1) is 10.2. The largest absolute Gasteiger partial charge is 0.496 e. The van der Waals surface area contributed by atoms with Crippen LogP contribution in [0.5, 0.6) is 5.75 Å². The summed E-state index contributed by atoms with van der Waals surface area (Å²) in [5.41, 5.74) is 1.11. The van der Waals surface area contributed by atoms with Gasteiger partial charge in [-0.2, -0.15) is 0 Å². The molecule has 1 unspecified atom stereocenters. The number of benzene rings is 1. The zero-order chi connectivity index (χ0) is 15.2. The van der Waals surface area contributed by atoms with Gasteiger partial charge >= 0.3 is 0 Å². The fourth-order valence-electron chi connectivity index (χ4n) is 2.99. The summed E-state index contributed by atoms with van der Waals surface area (Å²) < 4.78 is 5.39. The number of methoxy groups -OCH3 is 1. The molecule has 0 aliphatic carbocycles. The molecule has 1 saturated heterocycles. The van der Waals surface area contributed by atoms with Crippen molar-refractivity contribution in [2.75, 3.05) is 27.2 Å². The minimum Gasteiger partial charge on any atom is -0.496 e. The molecule has 0 saturated carbocycles. The Morgan fingerprint density at radius 1 is 1.38 bits per heavy atom. The average Bonchev–Trinajstić information content (AvgIpc) is 2.54. The maximum atomic E-state index is 12.4. The first-order valence-corrected chi connectivity index (χ1v) is 7.73. The Balaban J connectivity index is 1.93. The molecule has 1 N–H and O–H groups in total. The van der Waals surface area contributed by atoms with Crippen LogP contribution >= 0.6 is 0 Å². The molecule has 0 bridgehead atoms. The van der Waals surface area contributed by atoms with Crippen molar-refractivity contribution in [2.24, 2.45) is 0 Å². The number of ether oxygens (including phenoxy) is 1. The lowest BCUT2D eigenvalue weighted by atomic mass is 9.95. The van der Waals surface area contributed by atoms with Crippen LogP contribution in [0.3, 0.4) is 0 Å². The van der Waals surface area contributed by atoms with Crippen LogP contribution in [0.2, 0.25) is 0 Å². The molecule has 4 nitrogen and oxygen atoms in total. The van der Waals surface area contributed by atoms with E-state index in [4.69, 9.17) is 4.74 Å². The van der Waals surface area contributed by atoms with Gasteiger partial charge in [0.15, 0.2) is 0 Å². The van der Waals surface area contributed by atoms with Gasteiger partial charge in [-0.25, -0.2) is 0 Å². The van der Waals surface area contributed by atoms with Crippen molar-refractivity contribution < 1.29 is 9.53 Å². The Morgan fingerprint density at radius 3 is 2.67 bits per heavy atom. The minimum atomic E-state index is 0.177. The first kappa shape index (κ1) is 15.8. The summed E-state index contributed by atoms with van der Waals surface area (Å²) in [4.78, 5) is 14.4. The molecule has 1 fully saturated rings. The quantitative estimate of drug-likeness (QED) is 0.905. The molecule has 0 radical (unpaired) electrons. The van der Waals surface area contributed by atoms with E-state index in [9.17, 15) is 4.79 Å². The number of hydrogen-bond acceptors (Lipinski definition) is 3. The third-order valence-corrected chi connectivity index (χ3v) is 4.41. The van der Waals surface area contributed by atoms with E-state index in [1.54, 1.807) is 7.11 Å². The Hall–Kier alpha value is -1.55. The van der Waals surface area contributed by atoms with Gasteiger partial charge in [0.05, 0.1) is 7.11 Å². The maximum Gasteiger partial charge on any atom is 0.223 e. The van der Waals surface area contributed by atoms with Crippen LogP contribution in [0.4, 0.5) is 0 Å². The topological polar surface area (TPSA) is 41.6 Å². The van der Waals surface area contributed by atoms with Crippen LogP contribution in [0, 0.1) is 0 Å². The number of amides is 1. The lowest BCUT2D eigenvalue weighted by Crippen LogP contribution is -2.44. The summed E-state index contributed by atoms with van der Waals surface area (Å²) in [6.07, 6.45) is 2.64. The van der Waals surface area contributed by atoms with Crippen LogP contribution in [0.1, 0.15) is 37.7 Å².